The number of aliphatic hydroxyl groups excluding tert-OH is 1. The number of hydrogen-bond donors (Lipinski definition) is 2. The van der Waals surface area contributed by atoms with Crippen molar-refractivity contribution in [3.63, 3.8) is 0 Å². The van der Waals surface area contributed by atoms with Crippen LogP contribution in [0.2, 0.25) is 0 Å². The van der Waals surface area contributed by atoms with Gasteiger partial charge in [-0.25, -0.2) is 9.78 Å². The molecule has 2 atom stereocenters. The van der Waals surface area contributed by atoms with Crippen molar-refractivity contribution in [2.75, 3.05) is 13.2 Å². The molecule has 2 N–H and O–H groups in total. The summed E-state index contributed by atoms with van der Waals surface area (Å²) in [6.45, 7) is 2.76. The van der Waals surface area contributed by atoms with E-state index in [-0.39, 0.29) is 24.7 Å². The van der Waals surface area contributed by atoms with E-state index in [2.05, 4.69) is 27.5 Å². The van der Waals surface area contributed by atoms with Crippen LogP contribution in [-0.2, 0) is 13.0 Å². The lowest BCUT2D eigenvalue weighted by Crippen LogP contribution is -2.48. The molecule has 7 nitrogen and oxygen atoms in total. The zero-order valence-electron chi connectivity index (χ0n) is 14.5. The average molecular weight is 343 g/mol. The lowest BCUT2D eigenvalue weighted by molar-refractivity contribution is 0.141. The standard InChI is InChI=1S/C18H25N5O2/c1-14(11-22-13-19-12-20-22)21-18(25)23(9-10-24)17-8-4-6-15-5-2-3-7-16(15)17/h2-3,5,7,12-14,17,24H,4,6,8-11H2,1H3,(H,21,25)/t14-,17+/m1/s1. The Morgan fingerprint density at radius 1 is 1.48 bits per heavy atom. The second-order valence-electron chi connectivity index (χ2n) is 6.49. The van der Waals surface area contributed by atoms with E-state index < -0.39 is 0 Å². The minimum atomic E-state index is -0.150. The Morgan fingerprint density at radius 2 is 2.32 bits per heavy atom. The first kappa shape index (κ1) is 17.4. The maximum atomic E-state index is 12.8. The van der Waals surface area contributed by atoms with Crippen molar-refractivity contribution in [1.29, 1.82) is 0 Å². The summed E-state index contributed by atoms with van der Waals surface area (Å²) in [7, 11) is 0. The van der Waals surface area contributed by atoms with Crippen LogP contribution >= 0.6 is 0 Å². The fourth-order valence-electron chi connectivity index (χ4n) is 3.51. The number of nitrogens with one attached hydrogen (secondary N) is 1. The van der Waals surface area contributed by atoms with Gasteiger partial charge in [-0.2, -0.15) is 5.10 Å². The van der Waals surface area contributed by atoms with E-state index in [9.17, 15) is 9.90 Å². The topological polar surface area (TPSA) is 83.3 Å². The lowest BCUT2D eigenvalue weighted by Gasteiger charge is -2.36. The van der Waals surface area contributed by atoms with Crippen LogP contribution < -0.4 is 5.32 Å². The SMILES string of the molecule is C[C@H](Cn1cncn1)NC(=O)N(CCO)[C@H]1CCCc2ccccc21. The van der Waals surface area contributed by atoms with E-state index >= 15 is 0 Å². The summed E-state index contributed by atoms with van der Waals surface area (Å²) in [6, 6.07) is 8.05. The monoisotopic (exact) mass is 343 g/mol. The Balaban J connectivity index is 1.71. The van der Waals surface area contributed by atoms with E-state index in [1.807, 2.05) is 19.1 Å². The predicted molar refractivity (Wildman–Crippen MR) is 93.9 cm³/mol. The summed E-state index contributed by atoms with van der Waals surface area (Å²) in [6.07, 6.45) is 6.12. The second kappa shape index (κ2) is 8.11. The van der Waals surface area contributed by atoms with Gasteiger partial charge < -0.3 is 15.3 Å². The van der Waals surface area contributed by atoms with Crippen LogP contribution in [-0.4, -0.2) is 50.0 Å². The minimum Gasteiger partial charge on any atom is -0.395 e. The first-order valence-corrected chi connectivity index (χ1v) is 8.77. The molecule has 0 unspecified atom stereocenters. The number of amides is 2. The molecule has 0 saturated heterocycles. The number of aryl methyl sites for hydroxylation is 1. The normalized spacial score (nSPS) is 17.6. The van der Waals surface area contributed by atoms with Gasteiger partial charge in [0.05, 0.1) is 19.2 Å². The Hall–Kier alpha value is -2.41. The Morgan fingerprint density at radius 3 is 3.08 bits per heavy atom. The molecule has 0 fully saturated rings. The largest absolute Gasteiger partial charge is 0.395 e. The molecule has 0 radical (unpaired) electrons. The first-order valence-electron chi connectivity index (χ1n) is 8.77. The van der Waals surface area contributed by atoms with Crippen LogP contribution in [0.1, 0.15) is 36.9 Å². The second-order valence-corrected chi connectivity index (χ2v) is 6.49. The van der Waals surface area contributed by atoms with Gasteiger partial charge in [-0.3, -0.25) is 4.68 Å². The Bertz CT molecular complexity index is 689. The van der Waals surface area contributed by atoms with E-state index in [1.54, 1.807) is 15.9 Å². The van der Waals surface area contributed by atoms with Crippen molar-refractivity contribution in [2.24, 2.45) is 0 Å². The molecule has 1 aromatic carbocycles. The summed E-state index contributed by atoms with van der Waals surface area (Å²) in [5.41, 5.74) is 2.49. The maximum absolute atomic E-state index is 12.8. The van der Waals surface area contributed by atoms with Gasteiger partial charge in [-0.05, 0) is 37.3 Å². The van der Waals surface area contributed by atoms with E-state index in [1.165, 1.54) is 17.5 Å². The lowest BCUT2D eigenvalue weighted by atomic mass is 9.87. The molecule has 134 valence electrons. The van der Waals surface area contributed by atoms with Crippen molar-refractivity contribution in [1.82, 2.24) is 25.0 Å². The summed E-state index contributed by atoms with van der Waals surface area (Å²) >= 11 is 0. The van der Waals surface area contributed by atoms with E-state index in [0.717, 1.165) is 19.3 Å². The number of carbonyl (C=O) groups excluding carboxylic acids is 1. The highest BCUT2D eigenvalue weighted by Gasteiger charge is 2.29. The molecule has 7 heteroatoms. The Labute approximate surface area is 147 Å². The molecule has 2 amide bonds. The molecule has 2 aromatic rings. The highest BCUT2D eigenvalue weighted by Crippen LogP contribution is 2.34. The van der Waals surface area contributed by atoms with Crippen LogP contribution in [0.4, 0.5) is 4.79 Å². The number of rotatable bonds is 6. The molecule has 0 spiro atoms. The highest BCUT2D eigenvalue weighted by molar-refractivity contribution is 5.75. The molecule has 1 heterocycles. The van der Waals surface area contributed by atoms with Gasteiger partial charge in [0.1, 0.15) is 12.7 Å². The van der Waals surface area contributed by atoms with E-state index in [4.69, 9.17) is 0 Å². The van der Waals surface area contributed by atoms with Gasteiger partial charge >= 0.3 is 6.03 Å². The molecule has 0 bridgehead atoms. The van der Waals surface area contributed by atoms with Gasteiger partial charge in [0, 0.05) is 12.6 Å². The highest BCUT2D eigenvalue weighted by atomic mass is 16.3. The third-order valence-corrected chi connectivity index (χ3v) is 4.61. The van der Waals surface area contributed by atoms with Crippen LogP contribution in [0.5, 0.6) is 0 Å². The fraction of sp³-hybridized carbons (Fsp3) is 0.500. The van der Waals surface area contributed by atoms with Crippen molar-refractivity contribution < 1.29 is 9.90 Å². The molecule has 1 aromatic heterocycles. The number of nitrogens with zero attached hydrogens (tertiary/aromatic N) is 4. The molecule has 0 saturated carbocycles. The van der Waals surface area contributed by atoms with Crippen molar-refractivity contribution >= 4 is 6.03 Å². The molecule has 3 rings (SSSR count). The van der Waals surface area contributed by atoms with Crippen LogP contribution in [0.25, 0.3) is 0 Å². The van der Waals surface area contributed by atoms with Crippen LogP contribution in [0.15, 0.2) is 36.9 Å². The van der Waals surface area contributed by atoms with Gasteiger partial charge in [0.25, 0.3) is 0 Å². The Kier molecular flexibility index (Phi) is 5.65. The molecule has 1 aliphatic rings. The van der Waals surface area contributed by atoms with Gasteiger partial charge in [-0.1, -0.05) is 24.3 Å². The number of urea groups is 1. The maximum Gasteiger partial charge on any atom is 0.318 e. The number of fused-ring (bicyclic) bond motifs is 1. The molecule has 1 aliphatic carbocycles. The summed E-state index contributed by atoms with van der Waals surface area (Å²) in [5, 5.41) is 16.5. The summed E-state index contributed by atoms with van der Waals surface area (Å²) in [5.74, 6) is 0. The number of carbonyl (C=O) groups is 1. The average Bonchev–Trinajstić information content (AvgIpc) is 3.12. The van der Waals surface area contributed by atoms with Gasteiger partial charge in [0.2, 0.25) is 0 Å². The molecular weight excluding hydrogens is 318 g/mol. The predicted octanol–water partition coefficient (Wildman–Crippen LogP) is 1.75. The molecule has 0 aliphatic heterocycles. The van der Waals surface area contributed by atoms with Crippen molar-refractivity contribution in [2.45, 2.75) is 44.8 Å². The van der Waals surface area contributed by atoms with Crippen LogP contribution in [0, 0.1) is 0 Å². The quantitative estimate of drug-likeness (QED) is 0.837. The summed E-state index contributed by atoms with van der Waals surface area (Å²) in [4.78, 5) is 18.5. The number of aromatic nitrogens is 3. The molecular formula is C18H25N5O2. The number of benzene rings is 1. The van der Waals surface area contributed by atoms with Gasteiger partial charge in [-0.15, -0.1) is 0 Å². The number of aliphatic hydroxyl groups is 1. The fourth-order valence-corrected chi connectivity index (χ4v) is 3.51. The third-order valence-electron chi connectivity index (χ3n) is 4.61. The zero-order valence-corrected chi connectivity index (χ0v) is 14.5. The first-order chi connectivity index (χ1) is 12.2. The summed E-state index contributed by atoms with van der Waals surface area (Å²) < 4.78 is 1.69. The smallest absolute Gasteiger partial charge is 0.318 e. The van der Waals surface area contributed by atoms with Crippen molar-refractivity contribution in [3.05, 3.63) is 48.0 Å². The van der Waals surface area contributed by atoms with Gasteiger partial charge in [0.15, 0.2) is 0 Å². The van der Waals surface area contributed by atoms with Crippen molar-refractivity contribution in [3.8, 4) is 0 Å². The third kappa shape index (κ3) is 4.17. The number of hydrogen-bond acceptors (Lipinski definition) is 4. The zero-order chi connectivity index (χ0) is 17.6. The van der Waals surface area contributed by atoms with Crippen LogP contribution in [0.3, 0.4) is 0 Å². The molecule has 25 heavy (non-hydrogen) atoms. The van der Waals surface area contributed by atoms with E-state index in [0.29, 0.717) is 13.1 Å². The minimum absolute atomic E-state index is 0.00988.